The van der Waals surface area contributed by atoms with Gasteiger partial charge in [0.2, 0.25) is 0 Å². The maximum atomic E-state index is 5.76. The molecule has 62 valence electrons. The molecular formula is C8H6ClIN2. The fourth-order valence-electron chi connectivity index (χ4n) is 1.17. The molecule has 0 N–H and O–H groups in total. The summed E-state index contributed by atoms with van der Waals surface area (Å²) in [5, 5.41) is 1.69. The Morgan fingerprint density at radius 2 is 2.25 bits per heavy atom. The third kappa shape index (κ3) is 1.21. The van der Waals surface area contributed by atoms with Crippen molar-refractivity contribution in [3.05, 3.63) is 27.2 Å². The second kappa shape index (κ2) is 2.88. The minimum absolute atomic E-state index is 0.546. The van der Waals surface area contributed by atoms with E-state index in [1.807, 2.05) is 13.1 Å². The van der Waals surface area contributed by atoms with Crippen LogP contribution in [0.5, 0.6) is 0 Å². The average Bonchev–Trinajstić information content (AvgIpc) is 2.28. The van der Waals surface area contributed by atoms with Crippen LogP contribution in [0.4, 0.5) is 0 Å². The largest absolute Gasteiger partial charge is 0.338 e. The SMILES string of the molecule is Cn1c(I)cc2cc(Cl)ncc21. The molecule has 0 aromatic carbocycles. The van der Waals surface area contributed by atoms with Gasteiger partial charge in [-0.05, 0) is 34.7 Å². The van der Waals surface area contributed by atoms with Gasteiger partial charge < -0.3 is 4.57 Å². The highest BCUT2D eigenvalue weighted by Gasteiger charge is 2.03. The normalized spacial score (nSPS) is 10.9. The molecule has 0 unspecified atom stereocenters. The van der Waals surface area contributed by atoms with Crippen molar-refractivity contribution in [3.63, 3.8) is 0 Å². The number of nitrogens with zero attached hydrogens (tertiary/aromatic N) is 2. The Balaban J connectivity index is 2.87. The van der Waals surface area contributed by atoms with Crippen LogP contribution in [0.1, 0.15) is 0 Å². The Morgan fingerprint density at radius 1 is 1.50 bits per heavy atom. The van der Waals surface area contributed by atoms with Crippen LogP contribution >= 0.6 is 34.2 Å². The maximum absolute atomic E-state index is 5.76. The zero-order valence-corrected chi connectivity index (χ0v) is 9.30. The van der Waals surface area contributed by atoms with Crippen molar-refractivity contribution < 1.29 is 0 Å². The molecule has 0 atom stereocenters. The summed E-state index contributed by atoms with van der Waals surface area (Å²) in [6.07, 6.45) is 1.79. The molecule has 2 aromatic heterocycles. The molecule has 0 spiro atoms. The number of rotatable bonds is 0. The van der Waals surface area contributed by atoms with E-state index in [-0.39, 0.29) is 0 Å². The van der Waals surface area contributed by atoms with Gasteiger partial charge in [-0.15, -0.1) is 0 Å². The van der Waals surface area contributed by atoms with E-state index < -0.39 is 0 Å². The smallest absolute Gasteiger partial charge is 0.129 e. The van der Waals surface area contributed by atoms with Crippen LogP contribution in [-0.2, 0) is 7.05 Å². The van der Waals surface area contributed by atoms with Gasteiger partial charge in [0.15, 0.2) is 0 Å². The molecule has 12 heavy (non-hydrogen) atoms. The van der Waals surface area contributed by atoms with Crippen molar-refractivity contribution in [1.29, 1.82) is 0 Å². The molecule has 0 fully saturated rings. The Bertz CT molecular complexity index is 436. The van der Waals surface area contributed by atoms with E-state index in [0.29, 0.717) is 5.15 Å². The van der Waals surface area contributed by atoms with Crippen molar-refractivity contribution in [2.45, 2.75) is 0 Å². The zero-order chi connectivity index (χ0) is 8.72. The highest BCUT2D eigenvalue weighted by atomic mass is 127. The fraction of sp³-hybridized carbons (Fsp3) is 0.125. The van der Waals surface area contributed by atoms with Gasteiger partial charge in [-0.3, -0.25) is 0 Å². The van der Waals surface area contributed by atoms with E-state index in [1.54, 1.807) is 6.20 Å². The molecule has 0 aliphatic heterocycles. The molecule has 0 saturated heterocycles. The number of fused-ring (bicyclic) bond motifs is 1. The number of hydrogen-bond donors (Lipinski definition) is 0. The van der Waals surface area contributed by atoms with Gasteiger partial charge in [-0.25, -0.2) is 4.98 Å². The molecule has 4 heteroatoms. The molecule has 2 aromatic rings. The predicted molar refractivity (Wildman–Crippen MR) is 58.4 cm³/mol. The first kappa shape index (κ1) is 8.31. The molecule has 0 aliphatic carbocycles. The van der Waals surface area contributed by atoms with E-state index in [0.717, 1.165) is 10.9 Å². The van der Waals surface area contributed by atoms with E-state index in [9.17, 15) is 0 Å². The molecule has 2 heterocycles. The van der Waals surface area contributed by atoms with Crippen LogP contribution < -0.4 is 0 Å². The quantitative estimate of drug-likeness (QED) is 0.539. The topological polar surface area (TPSA) is 17.8 Å². The first-order chi connectivity index (χ1) is 5.68. The third-order valence-corrected chi connectivity index (χ3v) is 3.08. The second-order valence-electron chi connectivity index (χ2n) is 2.59. The average molecular weight is 293 g/mol. The van der Waals surface area contributed by atoms with E-state index >= 15 is 0 Å². The van der Waals surface area contributed by atoms with Crippen molar-refractivity contribution in [2.24, 2.45) is 7.05 Å². The van der Waals surface area contributed by atoms with Crippen LogP contribution in [0.25, 0.3) is 10.9 Å². The van der Waals surface area contributed by atoms with Crippen molar-refractivity contribution >= 4 is 45.1 Å². The summed E-state index contributed by atoms with van der Waals surface area (Å²) in [5.41, 5.74) is 1.11. The second-order valence-corrected chi connectivity index (χ2v) is 4.08. The summed E-state index contributed by atoms with van der Waals surface area (Å²) in [7, 11) is 2.01. The molecular weight excluding hydrogens is 286 g/mol. The van der Waals surface area contributed by atoms with Crippen LogP contribution in [0.15, 0.2) is 18.3 Å². The summed E-state index contributed by atoms with van der Waals surface area (Å²) < 4.78 is 3.27. The fourth-order valence-corrected chi connectivity index (χ4v) is 1.93. The number of pyridine rings is 1. The molecule has 2 rings (SSSR count). The summed E-state index contributed by atoms with van der Waals surface area (Å²) in [6.45, 7) is 0. The third-order valence-electron chi connectivity index (χ3n) is 1.84. The number of halogens is 2. The van der Waals surface area contributed by atoms with E-state index in [4.69, 9.17) is 11.6 Å². The van der Waals surface area contributed by atoms with E-state index in [1.165, 1.54) is 3.70 Å². The molecule has 0 bridgehead atoms. The summed E-state index contributed by atoms with van der Waals surface area (Å²) in [4.78, 5) is 4.02. The lowest BCUT2D eigenvalue weighted by molar-refractivity contribution is 0.935. The summed E-state index contributed by atoms with van der Waals surface area (Å²) in [6, 6.07) is 3.96. The highest BCUT2D eigenvalue weighted by molar-refractivity contribution is 14.1. The Morgan fingerprint density at radius 3 is 3.00 bits per heavy atom. The molecule has 0 aliphatic rings. The highest BCUT2D eigenvalue weighted by Crippen LogP contribution is 2.21. The molecule has 0 radical (unpaired) electrons. The van der Waals surface area contributed by atoms with Gasteiger partial charge in [-0.1, -0.05) is 11.6 Å². The van der Waals surface area contributed by atoms with Gasteiger partial charge in [0.1, 0.15) is 5.15 Å². The standard InChI is InChI=1S/C8H6ClIN2/c1-12-6-4-11-7(9)2-5(6)3-8(12)10/h2-4H,1H3. The lowest BCUT2D eigenvalue weighted by atomic mass is 10.3. The lowest BCUT2D eigenvalue weighted by Gasteiger charge is -1.96. The first-order valence-electron chi connectivity index (χ1n) is 3.45. The van der Waals surface area contributed by atoms with Gasteiger partial charge in [-0.2, -0.15) is 0 Å². The predicted octanol–water partition coefficient (Wildman–Crippen LogP) is 2.83. The molecule has 0 amide bonds. The maximum Gasteiger partial charge on any atom is 0.129 e. The minimum atomic E-state index is 0.546. The molecule has 0 saturated carbocycles. The van der Waals surface area contributed by atoms with Crippen molar-refractivity contribution in [2.75, 3.05) is 0 Å². The number of aromatic nitrogens is 2. The minimum Gasteiger partial charge on any atom is -0.338 e. The Kier molecular flexibility index (Phi) is 2.00. The van der Waals surface area contributed by atoms with Crippen molar-refractivity contribution in [1.82, 2.24) is 9.55 Å². The monoisotopic (exact) mass is 292 g/mol. The van der Waals surface area contributed by atoms with Gasteiger partial charge in [0.25, 0.3) is 0 Å². The van der Waals surface area contributed by atoms with Gasteiger partial charge in [0, 0.05) is 12.4 Å². The summed E-state index contributed by atoms with van der Waals surface area (Å²) >= 11 is 8.04. The van der Waals surface area contributed by atoms with Crippen molar-refractivity contribution in [3.8, 4) is 0 Å². The zero-order valence-electron chi connectivity index (χ0n) is 6.38. The van der Waals surface area contributed by atoms with E-state index in [2.05, 4.69) is 38.2 Å². The number of aryl methyl sites for hydroxylation is 1. The summed E-state index contributed by atoms with van der Waals surface area (Å²) in [5.74, 6) is 0. The van der Waals surface area contributed by atoms with Crippen LogP contribution in [0.2, 0.25) is 5.15 Å². The molecule has 2 nitrogen and oxygen atoms in total. The Hall–Kier alpha value is -0.290. The first-order valence-corrected chi connectivity index (χ1v) is 4.90. The van der Waals surface area contributed by atoms with Gasteiger partial charge in [0.05, 0.1) is 15.4 Å². The van der Waals surface area contributed by atoms with Crippen LogP contribution in [0, 0.1) is 3.70 Å². The lowest BCUT2D eigenvalue weighted by Crippen LogP contribution is -1.89. The van der Waals surface area contributed by atoms with Crippen LogP contribution in [0.3, 0.4) is 0 Å². The Labute approximate surface area is 88.7 Å². The number of hydrogen-bond acceptors (Lipinski definition) is 1. The van der Waals surface area contributed by atoms with Crippen LogP contribution in [-0.4, -0.2) is 9.55 Å². The van der Waals surface area contributed by atoms with Gasteiger partial charge >= 0.3 is 0 Å².